The number of aromatic nitrogens is 1. The van der Waals surface area contributed by atoms with E-state index in [0.29, 0.717) is 6.04 Å². The fourth-order valence-corrected chi connectivity index (χ4v) is 2.81. The number of hydrogen-bond donors (Lipinski definition) is 1. The van der Waals surface area contributed by atoms with Crippen molar-refractivity contribution in [1.82, 2.24) is 9.88 Å². The lowest BCUT2D eigenvalue weighted by Gasteiger charge is -2.37. The molecule has 0 unspecified atom stereocenters. The summed E-state index contributed by atoms with van der Waals surface area (Å²) in [5.74, 6) is 0.734. The molecule has 0 amide bonds. The zero-order chi connectivity index (χ0) is 12.3. The zero-order valence-corrected chi connectivity index (χ0v) is 11.6. The van der Waals surface area contributed by atoms with Gasteiger partial charge in [0.05, 0.1) is 0 Å². The van der Waals surface area contributed by atoms with Crippen LogP contribution in [0.25, 0.3) is 0 Å². The van der Waals surface area contributed by atoms with Crippen LogP contribution < -0.4 is 0 Å². The van der Waals surface area contributed by atoms with Crippen LogP contribution in [0.5, 0.6) is 0 Å². The number of hydrogen-bond acceptors (Lipinski definition) is 2. The van der Waals surface area contributed by atoms with Crippen LogP contribution in [-0.2, 0) is 0 Å². The average molecular weight is 250 g/mol. The van der Waals surface area contributed by atoms with Gasteiger partial charge < -0.3 is 4.98 Å². The number of H-pyrrole nitrogens is 1. The highest BCUT2D eigenvalue weighted by Crippen LogP contribution is 2.30. The van der Waals surface area contributed by atoms with Gasteiger partial charge in [-0.2, -0.15) is 0 Å². The van der Waals surface area contributed by atoms with Gasteiger partial charge in [0.1, 0.15) is 4.64 Å². The van der Waals surface area contributed by atoms with E-state index < -0.39 is 0 Å². The summed E-state index contributed by atoms with van der Waals surface area (Å²) >= 11 is 5.10. The Morgan fingerprint density at radius 1 is 1.41 bits per heavy atom. The minimum absolute atomic E-state index is 0.581. The highest BCUT2D eigenvalue weighted by Gasteiger charge is 2.24. The number of nitrogens with one attached hydrogen (secondary N) is 1. The molecule has 2 nitrogen and oxygen atoms in total. The number of pyridine rings is 1. The van der Waals surface area contributed by atoms with Crippen molar-refractivity contribution in [2.24, 2.45) is 5.92 Å². The van der Waals surface area contributed by atoms with E-state index in [1.54, 1.807) is 0 Å². The fraction of sp³-hybridized carbons (Fsp3) is 0.643. The Bertz CT molecular complexity index is 390. The van der Waals surface area contributed by atoms with Crippen molar-refractivity contribution in [2.75, 3.05) is 13.1 Å². The van der Waals surface area contributed by atoms with E-state index in [4.69, 9.17) is 12.2 Å². The lowest BCUT2D eigenvalue weighted by molar-refractivity contribution is 0.132. The third kappa shape index (κ3) is 3.39. The Labute approximate surface area is 109 Å². The molecule has 2 rings (SSSR count). The van der Waals surface area contributed by atoms with Gasteiger partial charge in [-0.15, -0.1) is 0 Å². The van der Waals surface area contributed by atoms with Crippen LogP contribution in [-0.4, -0.2) is 23.0 Å². The summed E-state index contributed by atoms with van der Waals surface area (Å²) in [6.45, 7) is 7.02. The Balaban J connectivity index is 2.15. The number of rotatable bonds is 3. The molecule has 0 aliphatic carbocycles. The molecule has 1 aliphatic heterocycles. The summed E-state index contributed by atoms with van der Waals surface area (Å²) in [6.07, 6.45) is 6.05. The van der Waals surface area contributed by atoms with Gasteiger partial charge in [0.2, 0.25) is 0 Å². The number of nitrogens with zero attached hydrogens (tertiary/aromatic N) is 1. The molecular weight excluding hydrogens is 228 g/mol. The highest BCUT2D eigenvalue weighted by atomic mass is 32.1. The summed E-state index contributed by atoms with van der Waals surface area (Å²) in [4.78, 5) is 5.78. The highest BCUT2D eigenvalue weighted by molar-refractivity contribution is 7.71. The Morgan fingerprint density at radius 3 is 2.88 bits per heavy atom. The molecule has 1 aliphatic rings. The quantitative estimate of drug-likeness (QED) is 0.820. The lowest BCUT2D eigenvalue weighted by Crippen LogP contribution is -2.36. The van der Waals surface area contributed by atoms with Crippen LogP contribution in [0.3, 0.4) is 0 Å². The Morgan fingerprint density at radius 2 is 2.24 bits per heavy atom. The van der Waals surface area contributed by atoms with Crippen LogP contribution in [0.2, 0.25) is 0 Å². The largest absolute Gasteiger partial charge is 0.353 e. The minimum Gasteiger partial charge on any atom is -0.353 e. The second kappa shape index (κ2) is 5.78. The van der Waals surface area contributed by atoms with Gasteiger partial charge >= 0.3 is 0 Å². The molecule has 1 N–H and O–H groups in total. The van der Waals surface area contributed by atoms with E-state index in [0.717, 1.165) is 10.6 Å². The van der Waals surface area contributed by atoms with Gasteiger partial charge in [-0.25, -0.2) is 0 Å². The summed E-state index contributed by atoms with van der Waals surface area (Å²) in [6, 6.07) is 4.77. The Kier molecular flexibility index (Phi) is 4.35. The van der Waals surface area contributed by atoms with Gasteiger partial charge in [0.25, 0.3) is 0 Å². The molecular formula is C14H22N2S. The van der Waals surface area contributed by atoms with Crippen molar-refractivity contribution in [1.29, 1.82) is 0 Å². The van der Waals surface area contributed by atoms with Crippen LogP contribution in [0.1, 0.15) is 44.7 Å². The van der Waals surface area contributed by atoms with Crippen LogP contribution in [0.15, 0.2) is 18.3 Å². The maximum absolute atomic E-state index is 5.10. The zero-order valence-electron chi connectivity index (χ0n) is 10.8. The van der Waals surface area contributed by atoms with Crippen molar-refractivity contribution in [2.45, 2.75) is 39.2 Å². The molecule has 2 heterocycles. The summed E-state index contributed by atoms with van der Waals surface area (Å²) in [5, 5.41) is 0. The average Bonchev–Trinajstić information content (AvgIpc) is 2.30. The monoisotopic (exact) mass is 250 g/mol. The van der Waals surface area contributed by atoms with Crippen LogP contribution in [0, 0.1) is 10.6 Å². The van der Waals surface area contributed by atoms with Crippen molar-refractivity contribution in [3.63, 3.8) is 0 Å². The van der Waals surface area contributed by atoms with Gasteiger partial charge in [-0.05, 0) is 36.9 Å². The van der Waals surface area contributed by atoms with Gasteiger partial charge in [-0.1, -0.05) is 38.6 Å². The lowest BCUT2D eigenvalue weighted by atomic mass is 9.95. The van der Waals surface area contributed by atoms with Crippen molar-refractivity contribution < 1.29 is 0 Å². The first-order chi connectivity index (χ1) is 8.16. The number of aromatic amines is 1. The summed E-state index contributed by atoms with van der Waals surface area (Å²) in [7, 11) is 0. The molecule has 0 spiro atoms. The standard InChI is InChI=1S/C14H22N2S/c1-11(2)10-16-8-4-3-5-13(16)12-6-7-14(17)15-9-12/h6-7,9,11,13H,3-5,8,10H2,1-2H3,(H,15,17)/t13-/m1/s1. The molecule has 1 saturated heterocycles. The third-order valence-electron chi connectivity index (χ3n) is 3.41. The first-order valence-electron chi connectivity index (χ1n) is 6.59. The third-order valence-corrected chi connectivity index (χ3v) is 3.66. The predicted octanol–water partition coefficient (Wildman–Crippen LogP) is 3.93. The second-order valence-electron chi connectivity index (χ2n) is 5.39. The van der Waals surface area contributed by atoms with Crippen molar-refractivity contribution in [3.05, 3.63) is 28.5 Å². The number of likely N-dealkylation sites (tertiary alicyclic amines) is 1. The van der Waals surface area contributed by atoms with Crippen LogP contribution in [0.4, 0.5) is 0 Å². The van der Waals surface area contributed by atoms with Gasteiger partial charge in [-0.3, -0.25) is 4.90 Å². The molecule has 3 heteroatoms. The molecule has 1 fully saturated rings. The van der Waals surface area contributed by atoms with Gasteiger partial charge in [0.15, 0.2) is 0 Å². The molecule has 0 aromatic carbocycles. The minimum atomic E-state index is 0.581. The number of piperidine rings is 1. The van der Waals surface area contributed by atoms with Gasteiger partial charge in [0, 0.05) is 18.8 Å². The topological polar surface area (TPSA) is 19.0 Å². The molecule has 94 valence electrons. The van der Waals surface area contributed by atoms with E-state index in [-0.39, 0.29) is 0 Å². The molecule has 0 bridgehead atoms. The molecule has 1 aromatic heterocycles. The van der Waals surface area contributed by atoms with E-state index in [9.17, 15) is 0 Å². The van der Waals surface area contributed by atoms with Crippen molar-refractivity contribution >= 4 is 12.2 Å². The molecule has 0 radical (unpaired) electrons. The molecule has 17 heavy (non-hydrogen) atoms. The summed E-state index contributed by atoms with van der Waals surface area (Å²) in [5.41, 5.74) is 1.39. The maximum Gasteiger partial charge on any atom is 0.103 e. The first-order valence-corrected chi connectivity index (χ1v) is 7.00. The predicted molar refractivity (Wildman–Crippen MR) is 74.6 cm³/mol. The van der Waals surface area contributed by atoms with E-state index in [2.05, 4.69) is 36.0 Å². The Hall–Kier alpha value is -0.670. The van der Waals surface area contributed by atoms with E-state index >= 15 is 0 Å². The van der Waals surface area contributed by atoms with E-state index in [1.807, 2.05) is 6.07 Å². The van der Waals surface area contributed by atoms with E-state index in [1.165, 1.54) is 37.9 Å². The molecule has 0 saturated carbocycles. The smallest absolute Gasteiger partial charge is 0.103 e. The first kappa shape index (κ1) is 12.8. The normalized spacial score (nSPS) is 21.9. The van der Waals surface area contributed by atoms with Crippen molar-refractivity contribution in [3.8, 4) is 0 Å². The molecule has 1 atom stereocenters. The second-order valence-corrected chi connectivity index (χ2v) is 5.83. The SMILES string of the molecule is CC(C)CN1CCCC[C@@H]1c1ccc(=S)[nH]c1. The fourth-order valence-electron chi connectivity index (χ4n) is 2.69. The maximum atomic E-state index is 5.10. The summed E-state index contributed by atoms with van der Waals surface area (Å²) < 4.78 is 0.819. The van der Waals surface area contributed by atoms with Crippen LogP contribution >= 0.6 is 12.2 Å². The molecule has 1 aromatic rings.